The van der Waals surface area contributed by atoms with Crippen molar-refractivity contribution < 1.29 is 9.59 Å². The van der Waals surface area contributed by atoms with Crippen LogP contribution in [-0.4, -0.2) is 34.8 Å². The van der Waals surface area contributed by atoms with Gasteiger partial charge in [-0.3, -0.25) is 9.59 Å². The summed E-state index contributed by atoms with van der Waals surface area (Å²) in [4.78, 5) is 31.4. The maximum atomic E-state index is 12.9. The lowest BCUT2D eigenvalue weighted by atomic mass is 9.91. The van der Waals surface area contributed by atoms with Crippen LogP contribution in [-0.2, 0) is 17.6 Å². The van der Waals surface area contributed by atoms with E-state index in [0.717, 1.165) is 55.5 Å². The number of amides is 2. The molecule has 0 spiro atoms. The first-order chi connectivity index (χ1) is 14.1. The number of nitrogens with zero attached hydrogens (tertiary/aromatic N) is 2. The fourth-order valence-corrected chi connectivity index (χ4v) is 4.51. The minimum Gasteiger partial charge on any atom is -0.339 e. The second-order valence-corrected chi connectivity index (χ2v) is 8.33. The Morgan fingerprint density at radius 1 is 1.14 bits per heavy atom. The number of rotatable bonds is 5. The molecule has 29 heavy (non-hydrogen) atoms. The number of piperidine rings is 1. The minimum absolute atomic E-state index is 0.0162. The molecule has 1 aliphatic carbocycles. The van der Waals surface area contributed by atoms with Gasteiger partial charge in [-0.2, -0.15) is 0 Å². The number of benzene rings is 1. The number of aromatic nitrogens is 1. The second kappa shape index (κ2) is 8.95. The van der Waals surface area contributed by atoms with Crippen LogP contribution in [0.3, 0.4) is 0 Å². The average molecular weight is 412 g/mol. The van der Waals surface area contributed by atoms with Gasteiger partial charge in [-0.15, -0.1) is 0 Å². The third-order valence-electron chi connectivity index (χ3n) is 5.97. The number of carbonyl (C=O) groups excluding carboxylic acids is 2. The number of halogens is 1. The highest BCUT2D eigenvalue weighted by Gasteiger charge is 2.27. The average Bonchev–Trinajstić information content (AvgIpc) is 3.19. The highest BCUT2D eigenvalue weighted by atomic mass is 35.5. The largest absolute Gasteiger partial charge is 0.339 e. The van der Waals surface area contributed by atoms with Crippen LogP contribution in [0.5, 0.6) is 0 Å². The Morgan fingerprint density at radius 2 is 1.90 bits per heavy atom. The molecule has 1 fully saturated rings. The van der Waals surface area contributed by atoms with Gasteiger partial charge in [0.2, 0.25) is 5.91 Å². The van der Waals surface area contributed by atoms with Gasteiger partial charge >= 0.3 is 0 Å². The van der Waals surface area contributed by atoms with Gasteiger partial charge in [0.25, 0.3) is 5.91 Å². The monoisotopic (exact) mass is 411 g/mol. The summed E-state index contributed by atoms with van der Waals surface area (Å²) in [5, 5.41) is 3.26. The van der Waals surface area contributed by atoms with Gasteiger partial charge in [0, 0.05) is 30.9 Å². The van der Waals surface area contributed by atoms with E-state index in [0.29, 0.717) is 36.1 Å². The van der Waals surface area contributed by atoms with Crippen LogP contribution in [0, 0.1) is 5.92 Å². The molecule has 1 aromatic carbocycles. The zero-order valence-electron chi connectivity index (χ0n) is 16.5. The molecule has 6 heteroatoms. The van der Waals surface area contributed by atoms with Gasteiger partial charge in [-0.1, -0.05) is 29.8 Å². The molecule has 1 N–H and O–H groups in total. The van der Waals surface area contributed by atoms with Crippen LogP contribution in [0.4, 0.5) is 5.69 Å². The highest BCUT2D eigenvalue weighted by molar-refractivity contribution is 6.32. The molecule has 0 atom stereocenters. The lowest BCUT2D eigenvalue weighted by molar-refractivity contribution is -0.116. The van der Waals surface area contributed by atoms with Crippen molar-refractivity contribution in [2.45, 2.75) is 44.9 Å². The molecule has 2 amide bonds. The van der Waals surface area contributed by atoms with Crippen molar-refractivity contribution in [1.29, 1.82) is 0 Å². The van der Waals surface area contributed by atoms with Crippen molar-refractivity contribution in [1.82, 2.24) is 9.88 Å². The number of pyridine rings is 1. The van der Waals surface area contributed by atoms with Gasteiger partial charge in [-0.05, 0) is 68.2 Å². The van der Waals surface area contributed by atoms with E-state index in [9.17, 15) is 9.59 Å². The Bertz CT molecular complexity index is 892. The van der Waals surface area contributed by atoms with Gasteiger partial charge in [0.15, 0.2) is 0 Å². The molecule has 1 aliphatic heterocycles. The molecule has 0 saturated carbocycles. The highest BCUT2D eigenvalue weighted by Crippen LogP contribution is 2.28. The van der Waals surface area contributed by atoms with E-state index in [-0.39, 0.29) is 11.8 Å². The molecule has 5 nitrogen and oxygen atoms in total. The van der Waals surface area contributed by atoms with Crippen LogP contribution in [0.15, 0.2) is 36.4 Å². The number of anilines is 1. The Kier molecular flexibility index (Phi) is 6.14. The zero-order chi connectivity index (χ0) is 20.2. The van der Waals surface area contributed by atoms with Crippen molar-refractivity contribution in [3.8, 4) is 0 Å². The third kappa shape index (κ3) is 4.78. The minimum atomic E-state index is -0.0162. The number of aryl methyl sites for hydroxylation is 2. The molecule has 1 aromatic heterocycles. The molecule has 1 saturated heterocycles. The quantitative estimate of drug-likeness (QED) is 0.737. The molecule has 152 valence electrons. The summed E-state index contributed by atoms with van der Waals surface area (Å²) in [6.45, 7) is 1.41. The first kappa shape index (κ1) is 19.9. The fourth-order valence-electron chi connectivity index (χ4n) is 4.27. The Labute approximate surface area is 176 Å². The van der Waals surface area contributed by atoms with E-state index in [1.165, 1.54) is 0 Å². The number of para-hydroxylation sites is 1. The zero-order valence-corrected chi connectivity index (χ0v) is 17.3. The van der Waals surface area contributed by atoms with Gasteiger partial charge in [0.05, 0.1) is 5.56 Å². The van der Waals surface area contributed by atoms with Crippen molar-refractivity contribution in [3.63, 3.8) is 0 Å². The predicted octanol–water partition coefficient (Wildman–Crippen LogP) is 4.49. The van der Waals surface area contributed by atoms with Crippen LogP contribution >= 0.6 is 11.6 Å². The summed E-state index contributed by atoms with van der Waals surface area (Å²) < 4.78 is 0. The predicted molar refractivity (Wildman–Crippen MR) is 114 cm³/mol. The number of nitrogens with one attached hydrogen (secondary N) is 1. The van der Waals surface area contributed by atoms with Crippen LogP contribution < -0.4 is 5.32 Å². The normalized spacial score (nSPS) is 16.5. The van der Waals surface area contributed by atoms with Crippen molar-refractivity contribution >= 4 is 29.1 Å². The summed E-state index contributed by atoms with van der Waals surface area (Å²) in [6, 6.07) is 11.5. The maximum absolute atomic E-state index is 12.9. The fraction of sp³-hybridized carbons (Fsp3) is 0.435. The number of likely N-dealkylation sites (tertiary alicyclic amines) is 1. The van der Waals surface area contributed by atoms with E-state index in [2.05, 4.69) is 10.3 Å². The summed E-state index contributed by atoms with van der Waals surface area (Å²) in [5.74, 6) is 0.498. The van der Waals surface area contributed by atoms with E-state index >= 15 is 0 Å². The maximum Gasteiger partial charge on any atom is 0.256 e. The standard InChI is InChI=1S/C23H26ClN3O2/c24-22-19(15-17-5-4-8-20(17)26-22)23(29)27-13-11-16(12-14-27)9-10-21(28)25-18-6-2-1-3-7-18/h1-3,6-7,15-16H,4-5,8-14H2,(H,25,28). The number of hydrogen-bond donors (Lipinski definition) is 1. The number of fused-ring (bicyclic) bond motifs is 1. The third-order valence-corrected chi connectivity index (χ3v) is 6.26. The van der Waals surface area contributed by atoms with Gasteiger partial charge < -0.3 is 10.2 Å². The lowest BCUT2D eigenvalue weighted by Crippen LogP contribution is -2.39. The smallest absolute Gasteiger partial charge is 0.256 e. The Balaban J connectivity index is 1.26. The first-order valence-electron chi connectivity index (χ1n) is 10.4. The molecule has 0 radical (unpaired) electrons. The van der Waals surface area contributed by atoms with E-state index < -0.39 is 0 Å². The first-order valence-corrected chi connectivity index (χ1v) is 10.8. The molecular formula is C23H26ClN3O2. The van der Waals surface area contributed by atoms with E-state index in [1.54, 1.807) is 0 Å². The van der Waals surface area contributed by atoms with Gasteiger partial charge in [-0.25, -0.2) is 4.98 Å². The summed E-state index contributed by atoms with van der Waals surface area (Å²) >= 11 is 6.30. The topological polar surface area (TPSA) is 62.3 Å². The Hall–Kier alpha value is -2.40. The number of carbonyl (C=O) groups is 2. The molecule has 2 aromatic rings. The SMILES string of the molecule is O=C(CCC1CCN(C(=O)c2cc3c(nc2Cl)CCC3)CC1)Nc1ccccc1. The van der Waals surface area contributed by atoms with Crippen LogP contribution in [0.25, 0.3) is 0 Å². The van der Waals surface area contributed by atoms with E-state index in [1.807, 2.05) is 41.3 Å². The molecular weight excluding hydrogens is 386 g/mol. The number of hydrogen-bond acceptors (Lipinski definition) is 3. The van der Waals surface area contributed by atoms with Gasteiger partial charge in [0.1, 0.15) is 5.15 Å². The van der Waals surface area contributed by atoms with Crippen LogP contribution in [0.2, 0.25) is 5.15 Å². The second-order valence-electron chi connectivity index (χ2n) is 7.97. The molecule has 2 heterocycles. The summed E-state index contributed by atoms with van der Waals surface area (Å²) in [7, 11) is 0. The van der Waals surface area contributed by atoms with Crippen molar-refractivity contribution in [2.24, 2.45) is 5.92 Å². The summed E-state index contributed by atoms with van der Waals surface area (Å²) in [6.07, 6.45) is 6.20. The Morgan fingerprint density at radius 3 is 2.66 bits per heavy atom. The van der Waals surface area contributed by atoms with Crippen LogP contribution in [0.1, 0.15) is 53.7 Å². The van der Waals surface area contributed by atoms with E-state index in [4.69, 9.17) is 11.6 Å². The molecule has 0 bridgehead atoms. The summed E-state index contributed by atoms with van der Waals surface area (Å²) in [5.41, 5.74) is 3.57. The molecule has 2 aliphatic rings. The molecule has 4 rings (SSSR count). The van der Waals surface area contributed by atoms with Crippen molar-refractivity contribution in [3.05, 3.63) is 58.4 Å². The van der Waals surface area contributed by atoms with Crippen molar-refractivity contribution in [2.75, 3.05) is 18.4 Å². The lowest BCUT2D eigenvalue weighted by Gasteiger charge is -2.32. The molecule has 0 unspecified atom stereocenters.